The summed E-state index contributed by atoms with van der Waals surface area (Å²) in [5, 5.41) is 0.904. The third-order valence-corrected chi connectivity index (χ3v) is 3.79. The number of benzene rings is 1. The van der Waals surface area contributed by atoms with E-state index in [0.717, 1.165) is 25.7 Å². The van der Waals surface area contributed by atoms with Gasteiger partial charge in [0.25, 0.3) is 0 Å². The van der Waals surface area contributed by atoms with Crippen LogP contribution in [0.2, 0.25) is 10.0 Å². The van der Waals surface area contributed by atoms with Crippen LogP contribution in [0.3, 0.4) is 0 Å². The van der Waals surface area contributed by atoms with Crippen LogP contribution in [-0.4, -0.2) is 19.2 Å². The SMILES string of the molecule is CCCC[C@H](CC)COC(=O)COc1ccc(Cl)cc1Cl. The number of halogens is 2. The Morgan fingerprint density at radius 2 is 2.05 bits per heavy atom. The molecule has 0 radical (unpaired) electrons. The lowest BCUT2D eigenvalue weighted by atomic mass is 10.0. The van der Waals surface area contributed by atoms with Crippen molar-refractivity contribution in [2.75, 3.05) is 13.2 Å². The first kappa shape index (κ1) is 18.1. The van der Waals surface area contributed by atoms with Gasteiger partial charge in [0, 0.05) is 5.02 Å². The minimum Gasteiger partial charge on any atom is -0.480 e. The molecular formula is C16H22Cl2O3. The smallest absolute Gasteiger partial charge is 0.344 e. The van der Waals surface area contributed by atoms with Gasteiger partial charge >= 0.3 is 5.97 Å². The van der Waals surface area contributed by atoms with Crippen molar-refractivity contribution in [2.24, 2.45) is 5.92 Å². The normalized spacial score (nSPS) is 12.0. The molecule has 0 amide bonds. The third-order valence-electron chi connectivity index (χ3n) is 3.26. The number of esters is 1. The van der Waals surface area contributed by atoms with Crippen LogP contribution in [0.5, 0.6) is 5.75 Å². The molecule has 0 bridgehead atoms. The summed E-state index contributed by atoms with van der Waals surface area (Å²) >= 11 is 11.7. The van der Waals surface area contributed by atoms with E-state index in [0.29, 0.717) is 28.3 Å². The summed E-state index contributed by atoms with van der Waals surface area (Å²) in [6, 6.07) is 4.86. The van der Waals surface area contributed by atoms with Crippen molar-refractivity contribution in [1.29, 1.82) is 0 Å². The Morgan fingerprint density at radius 1 is 1.29 bits per heavy atom. The largest absolute Gasteiger partial charge is 0.480 e. The van der Waals surface area contributed by atoms with Crippen LogP contribution in [0.4, 0.5) is 0 Å². The maximum Gasteiger partial charge on any atom is 0.344 e. The lowest BCUT2D eigenvalue weighted by Gasteiger charge is -2.15. The van der Waals surface area contributed by atoms with Gasteiger partial charge in [0.1, 0.15) is 5.75 Å². The van der Waals surface area contributed by atoms with Crippen LogP contribution in [-0.2, 0) is 9.53 Å². The van der Waals surface area contributed by atoms with E-state index in [9.17, 15) is 4.79 Å². The average molecular weight is 333 g/mol. The van der Waals surface area contributed by atoms with Gasteiger partial charge in [-0.15, -0.1) is 0 Å². The molecule has 0 aliphatic heterocycles. The molecule has 0 aliphatic rings. The van der Waals surface area contributed by atoms with Gasteiger partial charge in [-0.25, -0.2) is 4.79 Å². The highest BCUT2D eigenvalue weighted by atomic mass is 35.5. The number of rotatable bonds is 9. The molecule has 0 heterocycles. The Morgan fingerprint density at radius 3 is 2.67 bits per heavy atom. The number of hydrogen-bond acceptors (Lipinski definition) is 3. The summed E-state index contributed by atoms with van der Waals surface area (Å²) in [4.78, 5) is 11.7. The molecule has 0 unspecified atom stereocenters. The van der Waals surface area contributed by atoms with Gasteiger partial charge in [0.2, 0.25) is 0 Å². The predicted molar refractivity (Wildman–Crippen MR) is 86.2 cm³/mol. The van der Waals surface area contributed by atoms with Gasteiger partial charge in [-0.3, -0.25) is 0 Å². The van der Waals surface area contributed by atoms with Crippen molar-refractivity contribution < 1.29 is 14.3 Å². The Bertz CT molecular complexity index is 449. The van der Waals surface area contributed by atoms with Crippen LogP contribution < -0.4 is 4.74 Å². The van der Waals surface area contributed by atoms with Crippen molar-refractivity contribution in [3.05, 3.63) is 28.2 Å². The van der Waals surface area contributed by atoms with Crippen molar-refractivity contribution >= 4 is 29.2 Å². The molecule has 0 spiro atoms. The van der Waals surface area contributed by atoms with Crippen LogP contribution in [0.25, 0.3) is 0 Å². The molecule has 1 aromatic carbocycles. The Labute approximate surface area is 136 Å². The number of ether oxygens (including phenoxy) is 2. The molecule has 0 saturated heterocycles. The van der Waals surface area contributed by atoms with Crippen LogP contribution in [0.15, 0.2) is 18.2 Å². The number of carbonyl (C=O) groups excluding carboxylic acids is 1. The van der Waals surface area contributed by atoms with Gasteiger partial charge in [-0.2, -0.15) is 0 Å². The van der Waals surface area contributed by atoms with Crippen LogP contribution >= 0.6 is 23.2 Å². The zero-order valence-corrected chi connectivity index (χ0v) is 14.0. The van der Waals surface area contributed by atoms with Crippen molar-refractivity contribution in [3.8, 4) is 5.75 Å². The molecule has 118 valence electrons. The fourth-order valence-electron chi connectivity index (χ4n) is 1.88. The first-order valence-electron chi connectivity index (χ1n) is 7.30. The Kier molecular flexibility index (Phi) is 8.55. The molecule has 0 aromatic heterocycles. The van der Waals surface area contributed by atoms with E-state index < -0.39 is 0 Å². The van der Waals surface area contributed by atoms with Gasteiger partial charge in [0.15, 0.2) is 6.61 Å². The Hall–Kier alpha value is -0.930. The molecular weight excluding hydrogens is 311 g/mol. The van der Waals surface area contributed by atoms with Gasteiger partial charge < -0.3 is 9.47 Å². The summed E-state index contributed by atoms with van der Waals surface area (Å²) in [5.41, 5.74) is 0. The molecule has 0 N–H and O–H groups in total. The molecule has 21 heavy (non-hydrogen) atoms. The van der Waals surface area contributed by atoms with E-state index in [-0.39, 0.29) is 12.6 Å². The molecule has 0 aliphatic carbocycles. The zero-order chi connectivity index (χ0) is 15.7. The molecule has 0 saturated carbocycles. The first-order valence-corrected chi connectivity index (χ1v) is 8.05. The fourth-order valence-corrected chi connectivity index (χ4v) is 2.34. The van der Waals surface area contributed by atoms with E-state index in [2.05, 4.69) is 13.8 Å². The summed E-state index contributed by atoms with van der Waals surface area (Å²) in [5.74, 6) is 0.472. The molecule has 0 fully saturated rings. The third kappa shape index (κ3) is 7.05. The molecule has 1 aromatic rings. The molecule has 5 heteroatoms. The van der Waals surface area contributed by atoms with Gasteiger partial charge in [-0.05, 0) is 30.5 Å². The fraction of sp³-hybridized carbons (Fsp3) is 0.562. The highest BCUT2D eigenvalue weighted by Gasteiger charge is 2.11. The zero-order valence-electron chi connectivity index (χ0n) is 12.5. The maximum atomic E-state index is 11.7. The summed E-state index contributed by atoms with van der Waals surface area (Å²) in [6.07, 6.45) is 4.41. The monoisotopic (exact) mass is 332 g/mol. The van der Waals surface area contributed by atoms with Crippen molar-refractivity contribution in [2.45, 2.75) is 39.5 Å². The van der Waals surface area contributed by atoms with E-state index in [1.807, 2.05) is 0 Å². The minimum absolute atomic E-state index is 0.147. The van der Waals surface area contributed by atoms with E-state index in [4.69, 9.17) is 32.7 Å². The van der Waals surface area contributed by atoms with E-state index in [1.54, 1.807) is 18.2 Å². The summed E-state index contributed by atoms with van der Waals surface area (Å²) in [7, 11) is 0. The summed E-state index contributed by atoms with van der Waals surface area (Å²) in [6.45, 7) is 4.57. The quantitative estimate of drug-likeness (QED) is 0.588. The second kappa shape index (κ2) is 9.91. The number of unbranched alkanes of at least 4 members (excludes halogenated alkanes) is 1. The lowest BCUT2D eigenvalue weighted by Crippen LogP contribution is -2.19. The van der Waals surface area contributed by atoms with Crippen molar-refractivity contribution in [1.82, 2.24) is 0 Å². The van der Waals surface area contributed by atoms with Gasteiger partial charge in [0.05, 0.1) is 11.6 Å². The predicted octanol–water partition coefficient (Wildman–Crippen LogP) is 5.13. The maximum absolute atomic E-state index is 11.7. The minimum atomic E-state index is -0.379. The Balaban J connectivity index is 2.33. The van der Waals surface area contributed by atoms with Crippen molar-refractivity contribution in [3.63, 3.8) is 0 Å². The molecule has 1 rings (SSSR count). The topological polar surface area (TPSA) is 35.5 Å². The van der Waals surface area contributed by atoms with E-state index in [1.165, 1.54) is 0 Å². The standard InChI is InChI=1S/C16H22Cl2O3/c1-3-5-6-12(4-2)10-21-16(19)11-20-15-8-7-13(17)9-14(15)18/h7-9,12H,3-6,10-11H2,1-2H3/t12-/m0/s1. The lowest BCUT2D eigenvalue weighted by molar-refractivity contribution is -0.147. The molecule has 1 atom stereocenters. The average Bonchev–Trinajstić information content (AvgIpc) is 2.46. The van der Waals surface area contributed by atoms with E-state index >= 15 is 0 Å². The van der Waals surface area contributed by atoms with Gasteiger partial charge in [-0.1, -0.05) is 56.3 Å². The molecule has 3 nitrogen and oxygen atoms in total. The second-order valence-corrected chi connectivity index (χ2v) is 5.81. The van der Waals surface area contributed by atoms with Crippen LogP contribution in [0.1, 0.15) is 39.5 Å². The highest BCUT2D eigenvalue weighted by Crippen LogP contribution is 2.27. The summed E-state index contributed by atoms with van der Waals surface area (Å²) < 4.78 is 10.6. The number of hydrogen-bond donors (Lipinski definition) is 0. The number of carbonyl (C=O) groups is 1. The first-order chi connectivity index (χ1) is 10.1. The van der Waals surface area contributed by atoms with Crippen LogP contribution in [0, 0.1) is 5.92 Å². The second-order valence-electron chi connectivity index (χ2n) is 4.96. The highest BCUT2D eigenvalue weighted by molar-refractivity contribution is 6.35.